The van der Waals surface area contributed by atoms with Crippen LogP contribution in [0.4, 0.5) is 11.6 Å². The van der Waals surface area contributed by atoms with Gasteiger partial charge in [0.25, 0.3) is 0 Å². The fraction of sp³-hybridized carbons (Fsp3) is 0.471. The molecule has 1 aromatic carbocycles. The van der Waals surface area contributed by atoms with Crippen LogP contribution in [0, 0.1) is 6.92 Å². The van der Waals surface area contributed by atoms with Crippen molar-refractivity contribution in [3.8, 4) is 0 Å². The molecule has 0 saturated heterocycles. The number of aryl methyl sites for hydroxylation is 1. The fourth-order valence-corrected chi connectivity index (χ4v) is 2.42. The highest BCUT2D eigenvalue weighted by Crippen LogP contribution is 2.23. The summed E-state index contributed by atoms with van der Waals surface area (Å²) in [4.78, 5) is 4.61. The van der Waals surface area contributed by atoms with Crippen LogP contribution >= 0.6 is 0 Å². The second-order valence-electron chi connectivity index (χ2n) is 5.45. The summed E-state index contributed by atoms with van der Waals surface area (Å²) in [6, 6.07) is 10.7. The molecule has 1 atom stereocenters. The van der Waals surface area contributed by atoms with Gasteiger partial charge in [0, 0.05) is 17.9 Å². The minimum atomic E-state index is 0.481. The number of aromatic nitrogens is 2. The lowest BCUT2D eigenvalue weighted by Gasteiger charge is -2.17. The summed E-state index contributed by atoms with van der Waals surface area (Å²) in [5, 5.41) is 3.42. The summed E-state index contributed by atoms with van der Waals surface area (Å²) in [6.07, 6.45) is 7.19. The van der Waals surface area contributed by atoms with Crippen molar-refractivity contribution in [3.05, 3.63) is 42.2 Å². The molecule has 108 valence electrons. The monoisotopic (exact) mass is 271 g/mol. The van der Waals surface area contributed by atoms with Crippen molar-refractivity contribution < 1.29 is 0 Å². The van der Waals surface area contributed by atoms with Crippen LogP contribution in [0.3, 0.4) is 0 Å². The van der Waals surface area contributed by atoms with Gasteiger partial charge in [0.2, 0.25) is 5.95 Å². The van der Waals surface area contributed by atoms with Crippen LogP contribution in [0.1, 0.15) is 51.3 Å². The molecule has 0 fully saturated rings. The maximum atomic E-state index is 4.61. The van der Waals surface area contributed by atoms with Gasteiger partial charge in [-0.15, -0.1) is 0 Å². The number of hydrogen-bond acceptors (Lipinski definition) is 2. The standard InChI is InChI=1S/C17H25N3/c1-4-5-7-10-15(3)20-13-14(2)18-17(20)19-16-11-8-6-9-12-16/h6,8-9,11-13,15H,4-5,7,10H2,1-3H3,(H,18,19). The molecule has 1 heterocycles. The lowest BCUT2D eigenvalue weighted by Crippen LogP contribution is -2.08. The number of rotatable bonds is 7. The molecule has 0 radical (unpaired) electrons. The van der Waals surface area contributed by atoms with Crippen LogP contribution in [-0.4, -0.2) is 9.55 Å². The highest BCUT2D eigenvalue weighted by Gasteiger charge is 2.11. The number of hydrogen-bond donors (Lipinski definition) is 1. The zero-order valence-corrected chi connectivity index (χ0v) is 12.8. The summed E-state index contributed by atoms with van der Waals surface area (Å²) in [5.41, 5.74) is 2.14. The first-order valence-electron chi connectivity index (χ1n) is 7.58. The molecule has 0 amide bonds. The molecule has 1 aromatic heterocycles. The normalized spacial score (nSPS) is 12.3. The molecule has 0 aliphatic heterocycles. The van der Waals surface area contributed by atoms with Gasteiger partial charge in [-0.1, -0.05) is 44.4 Å². The Hall–Kier alpha value is -1.77. The third-order valence-electron chi connectivity index (χ3n) is 3.58. The first-order chi connectivity index (χ1) is 9.70. The molecule has 2 aromatic rings. The first-order valence-corrected chi connectivity index (χ1v) is 7.58. The Bertz CT molecular complexity index is 516. The molecule has 1 unspecified atom stereocenters. The largest absolute Gasteiger partial charge is 0.326 e. The third-order valence-corrected chi connectivity index (χ3v) is 3.58. The third kappa shape index (κ3) is 3.86. The number of imidazole rings is 1. The van der Waals surface area contributed by atoms with Gasteiger partial charge in [-0.2, -0.15) is 0 Å². The second kappa shape index (κ2) is 7.13. The molecule has 0 bridgehead atoms. The van der Waals surface area contributed by atoms with Gasteiger partial charge in [-0.25, -0.2) is 4.98 Å². The number of anilines is 2. The van der Waals surface area contributed by atoms with E-state index < -0.39 is 0 Å². The molecule has 3 nitrogen and oxygen atoms in total. The smallest absolute Gasteiger partial charge is 0.207 e. The Balaban J connectivity index is 2.09. The number of benzene rings is 1. The molecule has 0 spiro atoms. The van der Waals surface area contributed by atoms with Crippen molar-refractivity contribution in [1.82, 2.24) is 9.55 Å². The van der Waals surface area contributed by atoms with Gasteiger partial charge in [0.1, 0.15) is 0 Å². The molecule has 1 N–H and O–H groups in total. The van der Waals surface area contributed by atoms with Gasteiger partial charge in [-0.3, -0.25) is 0 Å². The van der Waals surface area contributed by atoms with Crippen LogP contribution in [-0.2, 0) is 0 Å². The maximum Gasteiger partial charge on any atom is 0.207 e. The van der Waals surface area contributed by atoms with Gasteiger partial charge >= 0.3 is 0 Å². The molecular weight excluding hydrogens is 246 g/mol. The van der Waals surface area contributed by atoms with Gasteiger partial charge in [0.05, 0.1) is 5.69 Å². The van der Waals surface area contributed by atoms with Crippen LogP contribution < -0.4 is 5.32 Å². The lowest BCUT2D eigenvalue weighted by molar-refractivity contribution is 0.481. The average molecular weight is 271 g/mol. The molecule has 20 heavy (non-hydrogen) atoms. The van der Waals surface area contributed by atoms with E-state index in [0.29, 0.717) is 6.04 Å². The van der Waals surface area contributed by atoms with E-state index in [4.69, 9.17) is 0 Å². The summed E-state index contributed by atoms with van der Waals surface area (Å²) < 4.78 is 2.26. The molecule has 0 saturated carbocycles. The lowest BCUT2D eigenvalue weighted by atomic mass is 10.1. The average Bonchev–Trinajstić information content (AvgIpc) is 2.81. The molecule has 3 heteroatoms. The zero-order valence-electron chi connectivity index (χ0n) is 12.8. The van der Waals surface area contributed by atoms with Crippen molar-refractivity contribution >= 4 is 11.6 Å². The van der Waals surface area contributed by atoms with E-state index in [-0.39, 0.29) is 0 Å². The van der Waals surface area contributed by atoms with E-state index >= 15 is 0 Å². The Morgan fingerprint density at radius 2 is 1.95 bits per heavy atom. The van der Waals surface area contributed by atoms with E-state index in [1.165, 1.54) is 25.7 Å². The summed E-state index contributed by atoms with van der Waals surface area (Å²) in [7, 11) is 0. The van der Waals surface area contributed by atoms with Gasteiger partial charge in [0.15, 0.2) is 0 Å². The van der Waals surface area contributed by atoms with Crippen LogP contribution in [0.15, 0.2) is 36.5 Å². The van der Waals surface area contributed by atoms with Crippen molar-refractivity contribution in [3.63, 3.8) is 0 Å². The first kappa shape index (κ1) is 14.6. The molecule has 0 aliphatic rings. The summed E-state index contributed by atoms with van der Waals surface area (Å²) in [5.74, 6) is 0.942. The molecular formula is C17H25N3. The predicted octanol–water partition coefficient (Wildman–Crippen LogP) is 5.08. The minimum Gasteiger partial charge on any atom is -0.326 e. The quantitative estimate of drug-likeness (QED) is 0.712. The Labute approximate surface area is 122 Å². The van der Waals surface area contributed by atoms with Crippen LogP contribution in [0.5, 0.6) is 0 Å². The fourth-order valence-electron chi connectivity index (χ4n) is 2.42. The maximum absolute atomic E-state index is 4.61. The van der Waals surface area contributed by atoms with Crippen LogP contribution in [0.2, 0.25) is 0 Å². The van der Waals surface area contributed by atoms with Crippen molar-refractivity contribution in [2.75, 3.05) is 5.32 Å². The van der Waals surface area contributed by atoms with E-state index in [2.05, 4.69) is 47.0 Å². The Morgan fingerprint density at radius 3 is 2.65 bits per heavy atom. The SMILES string of the molecule is CCCCCC(C)n1cc(C)nc1Nc1ccccc1. The number of nitrogens with one attached hydrogen (secondary N) is 1. The minimum absolute atomic E-state index is 0.481. The van der Waals surface area contributed by atoms with E-state index in [1.54, 1.807) is 0 Å². The van der Waals surface area contributed by atoms with E-state index in [0.717, 1.165) is 17.3 Å². The second-order valence-corrected chi connectivity index (χ2v) is 5.45. The summed E-state index contributed by atoms with van der Waals surface area (Å²) in [6.45, 7) is 6.56. The summed E-state index contributed by atoms with van der Waals surface area (Å²) >= 11 is 0. The van der Waals surface area contributed by atoms with Crippen molar-refractivity contribution in [2.45, 2.75) is 52.5 Å². The highest BCUT2D eigenvalue weighted by molar-refractivity contribution is 5.53. The molecule has 2 rings (SSSR count). The zero-order chi connectivity index (χ0) is 14.4. The highest BCUT2D eigenvalue weighted by atomic mass is 15.2. The number of para-hydroxylation sites is 1. The van der Waals surface area contributed by atoms with Gasteiger partial charge in [-0.05, 0) is 32.4 Å². The number of nitrogens with zero attached hydrogens (tertiary/aromatic N) is 2. The number of unbranched alkanes of at least 4 members (excludes halogenated alkanes) is 2. The van der Waals surface area contributed by atoms with Crippen molar-refractivity contribution in [2.24, 2.45) is 0 Å². The van der Waals surface area contributed by atoms with E-state index in [9.17, 15) is 0 Å². The van der Waals surface area contributed by atoms with Crippen molar-refractivity contribution in [1.29, 1.82) is 0 Å². The van der Waals surface area contributed by atoms with E-state index in [1.807, 2.05) is 25.1 Å². The molecule has 0 aliphatic carbocycles. The Morgan fingerprint density at radius 1 is 1.20 bits per heavy atom. The predicted molar refractivity (Wildman–Crippen MR) is 85.5 cm³/mol. The van der Waals surface area contributed by atoms with Crippen LogP contribution in [0.25, 0.3) is 0 Å². The Kier molecular flexibility index (Phi) is 5.22. The van der Waals surface area contributed by atoms with Gasteiger partial charge < -0.3 is 9.88 Å². The topological polar surface area (TPSA) is 29.9 Å².